The van der Waals surface area contributed by atoms with Crippen molar-refractivity contribution in [3.63, 3.8) is 0 Å². The van der Waals surface area contributed by atoms with E-state index in [2.05, 4.69) is 5.32 Å². The fraction of sp³-hybridized carbons (Fsp3) is 0.0370. The molecule has 0 fully saturated rings. The fourth-order valence-corrected chi connectivity index (χ4v) is 3.90. The summed E-state index contributed by atoms with van der Waals surface area (Å²) < 4.78 is 52.1. The molecule has 1 heterocycles. The normalized spacial score (nSPS) is 11.5. The zero-order valence-electron chi connectivity index (χ0n) is 18.3. The van der Waals surface area contributed by atoms with Crippen molar-refractivity contribution < 1.29 is 36.7 Å². The summed E-state index contributed by atoms with van der Waals surface area (Å²) in [5, 5.41) is 15.5. The molecule has 0 atom stereocenters. The third-order valence-electron chi connectivity index (χ3n) is 5.53. The lowest BCUT2D eigenvalue weighted by Gasteiger charge is -2.15. The molecule has 1 amide bonds. The van der Waals surface area contributed by atoms with Gasteiger partial charge in [0.1, 0.15) is 11.2 Å². The van der Waals surface area contributed by atoms with Crippen LogP contribution in [0.15, 0.2) is 93.8 Å². The van der Waals surface area contributed by atoms with Crippen LogP contribution < -0.4 is 10.4 Å². The number of halogens is 3. The molecule has 5 rings (SSSR count). The third kappa shape index (κ3) is 4.22. The van der Waals surface area contributed by atoms with Gasteiger partial charge in [-0.25, -0.2) is 0 Å². The summed E-state index contributed by atoms with van der Waals surface area (Å²) >= 11 is 0. The molecule has 0 aliphatic carbocycles. The maximum atomic E-state index is 13.4. The lowest BCUT2D eigenvalue weighted by Crippen LogP contribution is -2.27. The molecule has 0 radical (unpaired) electrons. The molecule has 9 heteroatoms. The van der Waals surface area contributed by atoms with E-state index < -0.39 is 40.4 Å². The molecular formula is C27H15F3NO5-. The first-order chi connectivity index (χ1) is 17.2. The summed E-state index contributed by atoms with van der Waals surface area (Å²) in [7, 11) is 0. The summed E-state index contributed by atoms with van der Waals surface area (Å²) in [4.78, 5) is 25.0. The summed E-state index contributed by atoms with van der Waals surface area (Å²) in [6.45, 7) is 0. The number of carboxylic acid groups (broad SMARTS) is 1. The highest BCUT2D eigenvalue weighted by molar-refractivity contribution is 6.12. The summed E-state index contributed by atoms with van der Waals surface area (Å²) in [5.74, 6) is -2.81. The predicted molar refractivity (Wildman–Crippen MR) is 125 cm³/mol. The number of benzene rings is 4. The first-order valence-corrected chi connectivity index (χ1v) is 10.6. The number of rotatable bonds is 3. The van der Waals surface area contributed by atoms with Crippen LogP contribution >= 0.6 is 0 Å². The zero-order valence-corrected chi connectivity index (χ0v) is 18.3. The Kier molecular flexibility index (Phi) is 5.60. The second-order valence-electron chi connectivity index (χ2n) is 7.83. The smallest absolute Gasteiger partial charge is 0.418 e. The fourth-order valence-electron chi connectivity index (χ4n) is 3.90. The van der Waals surface area contributed by atoms with E-state index in [1.165, 1.54) is 12.1 Å². The van der Waals surface area contributed by atoms with Crippen molar-refractivity contribution in [3.05, 3.63) is 102 Å². The lowest BCUT2D eigenvalue weighted by molar-refractivity contribution is -0.255. The van der Waals surface area contributed by atoms with Gasteiger partial charge in [-0.3, -0.25) is 4.79 Å². The number of nitrogens with one attached hydrogen (secondary N) is 1. The molecule has 0 aliphatic rings. The summed E-state index contributed by atoms with van der Waals surface area (Å²) in [6, 6.07) is 20.6. The Bertz CT molecular complexity index is 1710. The average Bonchev–Trinajstić information content (AvgIpc) is 2.84. The van der Waals surface area contributed by atoms with Gasteiger partial charge in [-0.15, -0.1) is 0 Å². The number of aromatic carboxylic acids is 1. The van der Waals surface area contributed by atoms with Crippen LogP contribution in [0.5, 0.6) is 0 Å². The maximum Gasteiger partial charge on any atom is 0.418 e. The second-order valence-corrected chi connectivity index (χ2v) is 7.83. The van der Waals surface area contributed by atoms with Gasteiger partial charge < -0.3 is 24.1 Å². The Morgan fingerprint density at radius 1 is 0.694 bits per heavy atom. The van der Waals surface area contributed by atoms with Crippen LogP contribution in [0.2, 0.25) is 0 Å². The zero-order chi connectivity index (χ0) is 25.4. The molecule has 36 heavy (non-hydrogen) atoms. The molecule has 4 aromatic carbocycles. The molecule has 1 N–H and O–H groups in total. The van der Waals surface area contributed by atoms with Crippen molar-refractivity contribution in [3.8, 4) is 0 Å². The van der Waals surface area contributed by atoms with Crippen LogP contribution in [-0.2, 0) is 6.18 Å². The van der Waals surface area contributed by atoms with Crippen LogP contribution in [0.4, 0.5) is 18.9 Å². The van der Waals surface area contributed by atoms with Gasteiger partial charge in [-0.2, -0.15) is 13.2 Å². The average molecular weight is 490 g/mol. The third-order valence-corrected chi connectivity index (χ3v) is 5.53. The largest absolute Gasteiger partial charge is 0.545 e. The Hall–Kier alpha value is -4.79. The van der Waals surface area contributed by atoms with Gasteiger partial charge in [0.05, 0.1) is 22.8 Å². The van der Waals surface area contributed by atoms with Crippen molar-refractivity contribution >= 4 is 50.7 Å². The number of anilines is 1. The SMILES string of the molecule is O=C([O-])c1cc2oc3ccccc3c3ccccc3oc2cc1C(=O)Nc1ccccc1C(F)(F)F. The maximum absolute atomic E-state index is 13.4. The highest BCUT2D eigenvalue weighted by Gasteiger charge is 2.33. The minimum atomic E-state index is -4.73. The highest BCUT2D eigenvalue weighted by atomic mass is 19.4. The highest BCUT2D eigenvalue weighted by Crippen LogP contribution is 2.35. The van der Waals surface area contributed by atoms with E-state index >= 15 is 0 Å². The van der Waals surface area contributed by atoms with Crippen LogP contribution in [0, 0.1) is 0 Å². The lowest BCUT2D eigenvalue weighted by atomic mass is 10.1. The second kappa shape index (κ2) is 8.77. The van der Waals surface area contributed by atoms with Gasteiger partial charge >= 0.3 is 6.18 Å². The minimum absolute atomic E-state index is 0.00351. The van der Waals surface area contributed by atoms with Crippen molar-refractivity contribution in [2.24, 2.45) is 0 Å². The summed E-state index contributed by atoms with van der Waals surface area (Å²) in [5.41, 5.74) is -1.84. The number of hydrogen-bond donors (Lipinski definition) is 1. The number of para-hydroxylation sites is 3. The van der Waals surface area contributed by atoms with Crippen LogP contribution in [0.25, 0.3) is 33.1 Å². The molecule has 0 saturated heterocycles. The molecule has 6 nitrogen and oxygen atoms in total. The van der Waals surface area contributed by atoms with Crippen molar-refractivity contribution in [1.82, 2.24) is 0 Å². The minimum Gasteiger partial charge on any atom is -0.545 e. The van der Waals surface area contributed by atoms with E-state index in [-0.39, 0.29) is 11.2 Å². The molecule has 5 aromatic rings. The molecule has 180 valence electrons. The standard InChI is InChI=1S/C27H16F3NO5/c28-27(29,30)19-9-3-4-10-20(19)31-25(32)17-13-23-24(14-18(17)26(33)34)36-22-12-6-2-8-16(22)15-7-1-5-11-21(15)35-23/h1-14H,(H,31,32)(H,33,34)/p-1. The van der Waals surface area contributed by atoms with E-state index in [1.54, 1.807) is 42.5 Å². The molecule has 0 saturated carbocycles. The van der Waals surface area contributed by atoms with Crippen molar-refractivity contribution in [1.29, 1.82) is 0 Å². The molecule has 0 spiro atoms. The number of amides is 1. The van der Waals surface area contributed by atoms with Gasteiger partial charge in [0.2, 0.25) is 0 Å². The Balaban J connectivity index is 1.75. The van der Waals surface area contributed by atoms with Crippen LogP contribution in [0.1, 0.15) is 26.3 Å². The van der Waals surface area contributed by atoms with E-state index in [9.17, 15) is 27.9 Å². The molecule has 0 bridgehead atoms. The number of carbonyl (C=O) groups excluding carboxylic acids is 2. The van der Waals surface area contributed by atoms with Gasteiger partial charge in [-0.05, 0) is 36.4 Å². The van der Waals surface area contributed by atoms with E-state index in [1.807, 2.05) is 6.07 Å². The summed E-state index contributed by atoms with van der Waals surface area (Å²) in [6.07, 6.45) is -4.73. The number of alkyl halides is 3. The Morgan fingerprint density at radius 2 is 1.19 bits per heavy atom. The first-order valence-electron chi connectivity index (χ1n) is 10.6. The number of fused-ring (bicyclic) bond motifs is 4. The van der Waals surface area contributed by atoms with Crippen LogP contribution in [-0.4, -0.2) is 11.9 Å². The van der Waals surface area contributed by atoms with Crippen molar-refractivity contribution in [2.75, 3.05) is 5.32 Å². The number of carboxylic acids is 1. The van der Waals surface area contributed by atoms with Gasteiger partial charge in [0.15, 0.2) is 11.2 Å². The van der Waals surface area contributed by atoms with Gasteiger partial charge in [0.25, 0.3) is 5.91 Å². The van der Waals surface area contributed by atoms with Gasteiger partial charge in [0, 0.05) is 16.3 Å². The predicted octanol–water partition coefficient (Wildman–Crippen LogP) is 6.09. The first kappa shape index (κ1) is 23.0. The molecule has 0 aliphatic heterocycles. The van der Waals surface area contributed by atoms with E-state index in [4.69, 9.17) is 8.83 Å². The molecule has 1 aromatic heterocycles. The number of carbonyl (C=O) groups is 2. The van der Waals surface area contributed by atoms with E-state index in [0.29, 0.717) is 21.9 Å². The Labute approximate surface area is 200 Å². The van der Waals surface area contributed by atoms with E-state index in [0.717, 1.165) is 24.3 Å². The molecular weight excluding hydrogens is 475 g/mol. The Morgan fingerprint density at radius 3 is 1.75 bits per heavy atom. The number of hydrogen-bond acceptors (Lipinski definition) is 5. The van der Waals surface area contributed by atoms with Crippen LogP contribution in [0.3, 0.4) is 0 Å². The van der Waals surface area contributed by atoms with Crippen molar-refractivity contribution in [2.45, 2.75) is 6.18 Å². The van der Waals surface area contributed by atoms with Gasteiger partial charge in [-0.1, -0.05) is 48.5 Å². The topological polar surface area (TPSA) is 95.5 Å². The quantitative estimate of drug-likeness (QED) is 0.330. The monoisotopic (exact) mass is 490 g/mol. The molecule has 0 unspecified atom stereocenters.